The zero-order chi connectivity index (χ0) is 71.1. The van der Waals surface area contributed by atoms with E-state index in [1.54, 1.807) is 18.6 Å². The van der Waals surface area contributed by atoms with Crippen molar-refractivity contribution in [3.63, 3.8) is 0 Å². The fourth-order valence-corrected chi connectivity index (χ4v) is 11.0. The van der Waals surface area contributed by atoms with Gasteiger partial charge in [-0.15, -0.1) is 213 Å². The van der Waals surface area contributed by atoms with E-state index < -0.39 is 0 Å². The van der Waals surface area contributed by atoms with Crippen LogP contribution in [0, 0.1) is 43.3 Å². The minimum atomic E-state index is 0. The third-order valence-electron chi connectivity index (χ3n) is 16.5. The molecule has 0 amide bonds. The van der Waals surface area contributed by atoms with Gasteiger partial charge in [-0.3, -0.25) is 0 Å². The fourth-order valence-electron chi connectivity index (χ4n) is 11.0. The maximum Gasteiger partial charge on any atom is 0.0163 e. The number of pyridine rings is 6. The van der Waals surface area contributed by atoms with E-state index in [4.69, 9.17) is 0 Å². The van der Waals surface area contributed by atoms with Gasteiger partial charge in [-0.2, -0.15) is 0 Å². The van der Waals surface area contributed by atoms with Gasteiger partial charge in [0.25, 0.3) is 0 Å². The quantitative estimate of drug-likeness (QED) is 0.113. The van der Waals surface area contributed by atoms with Crippen molar-refractivity contribution >= 4 is 0 Å². The maximum absolute atomic E-state index is 4.50. The van der Waals surface area contributed by atoms with E-state index in [-0.39, 0.29) is 80.4 Å². The minimum Gasteiger partial charge on any atom is -0.305 e. The summed E-state index contributed by atoms with van der Waals surface area (Å²) < 4.78 is 0. The summed E-state index contributed by atoms with van der Waals surface area (Å²) in [6.45, 7) is 10.9. The number of rotatable bonds is 12. The molecule has 538 valence electrons. The van der Waals surface area contributed by atoms with Gasteiger partial charge in [0.2, 0.25) is 0 Å². The largest absolute Gasteiger partial charge is 0.305 e. The molecule has 0 fully saturated rings. The fraction of sp³-hybridized carbons (Fsp3) is 0.0722. The first-order valence-corrected chi connectivity index (χ1v) is 34.5. The van der Waals surface area contributed by atoms with E-state index in [0.29, 0.717) is 11.8 Å². The molecule has 0 aliphatic heterocycles. The minimum absolute atomic E-state index is 0. The summed E-state index contributed by atoms with van der Waals surface area (Å²) >= 11 is 0. The molecule has 0 bridgehead atoms. The molecule has 16 aromatic rings. The summed E-state index contributed by atoms with van der Waals surface area (Å²) in [5.41, 5.74) is 25.5. The second kappa shape index (κ2) is 45.3. The Bertz CT molecular complexity index is 4810. The zero-order valence-electron chi connectivity index (χ0n) is 59.9. The van der Waals surface area contributed by atoms with E-state index in [9.17, 15) is 0 Å². The van der Waals surface area contributed by atoms with Gasteiger partial charge in [0.15, 0.2) is 0 Å². The van der Waals surface area contributed by atoms with E-state index in [1.165, 1.54) is 61.2 Å². The Morgan fingerprint density at radius 3 is 0.748 bits per heavy atom. The van der Waals surface area contributed by atoms with Crippen LogP contribution in [0.3, 0.4) is 0 Å². The predicted molar refractivity (Wildman–Crippen MR) is 426 cm³/mol. The van der Waals surface area contributed by atoms with Crippen LogP contribution in [0.4, 0.5) is 0 Å². The van der Waals surface area contributed by atoms with Gasteiger partial charge in [0.1, 0.15) is 0 Å². The average Bonchev–Trinajstić information content (AvgIpc) is 0.839. The molecule has 0 spiro atoms. The van der Waals surface area contributed by atoms with E-state index in [0.717, 1.165) is 67.5 Å². The van der Waals surface area contributed by atoms with E-state index in [1.807, 2.05) is 188 Å². The van der Waals surface area contributed by atoms with Gasteiger partial charge in [-0.05, 0) is 112 Å². The summed E-state index contributed by atoms with van der Waals surface area (Å²) in [6.07, 6.45) is 11.0. The van der Waals surface area contributed by atoms with Gasteiger partial charge in [-0.1, -0.05) is 220 Å². The monoisotopic (exact) mass is 2100 g/mol. The standard InChI is InChI=1S/2C20H18N.C18H14N.C17H12N.2C11H8N.4Ir/c2*1-15(2)17-11-12-21-20(14-17)19-10-6-9-18(13-19)16-7-4-3-5-8-16;1-14-10-11-19-18(12-14)17-9-5-8-16(13-17)15-6-3-2-4-7-15;1-2-7-14(8-3-1)15-9-6-10-16(13-15)17-11-4-5-12-18-17;2*1-2-6-10(7-3-1)11-8-4-5-9-12-11;;;;/h2*3-9,11-15H,1-2H3;2-8,10-13H,1H3;1-9,11-13H;2*1-6,8-9H;;;;/q6*-1;;;;. The molecule has 6 heterocycles. The van der Waals surface area contributed by atoms with Gasteiger partial charge in [0, 0.05) is 118 Å². The van der Waals surface area contributed by atoms with Crippen LogP contribution in [0.2, 0.25) is 0 Å². The van der Waals surface area contributed by atoms with Crippen LogP contribution in [0.1, 0.15) is 56.2 Å². The summed E-state index contributed by atoms with van der Waals surface area (Å²) in [7, 11) is 0. The van der Waals surface area contributed by atoms with Gasteiger partial charge in [-0.25, -0.2) is 0 Å². The summed E-state index contributed by atoms with van der Waals surface area (Å²) in [6, 6.07) is 131. The molecule has 0 saturated heterocycles. The van der Waals surface area contributed by atoms with E-state index in [2.05, 4.69) is 265 Å². The van der Waals surface area contributed by atoms with Crippen molar-refractivity contribution in [1.29, 1.82) is 0 Å². The Hall–Kier alpha value is -10.3. The van der Waals surface area contributed by atoms with Crippen LogP contribution in [-0.2, 0) is 80.4 Å². The Kier molecular flexibility index (Phi) is 35.5. The number of hydrogen-bond acceptors (Lipinski definition) is 6. The first-order chi connectivity index (χ1) is 50.7. The number of aromatic nitrogens is 6. The molecular weight excluding hydrogens is 2020 g/mol. The first kappa shape index (κ1) is 84.0. The molecule has 6 nitrogen and oxygen atoms in total. The second-order valence-corrected chi connectivity index (χ2v) is 24.6. The molecule has 16 rings (SSSR count). The van der Waals surface area contributed by atoms with Crippen molar-refractivity contribution in [2.24, 2.45) is 0 Å². The Labute approximate surface area is 686 Å². The molecule has 4 radical (unpaired) electrons. The van der Waals surface area contributed by atoms with Crippen LogP contribution in [0.5, 0.6) is 0 Å². The molecule has 0 unspecified atom stereocenters. The van der Waals surface area contributed by atoms with Crippen molar-refractivity contribution in [1.82, 2.24) is 29.9 Å². The van der Waals surface area contributed by atoms with Crippen molar-refractivity contribution < 1.29 is 80.4 Å². The molecule has 0 atom stereocenters. The normalized spacial score (nSPS) is 9.97. The molecule has 10 heteroatoms. The van der Waals surface area contributed by atoms with Crippen LogP contribution < -0.4 is 0 Å². The molecule has 0 saturated carbocycles. The van der Waals surface area contributed by atoms with Crippen molar-refractivity contribution in [3.8, 4) is 112 Å². The third-order valence-corrected chi connectivity index (χ3v) is 16.5. The number of nitrogens with zero attached hydrogens (tertiary/aromatic N) is 6. The van der Waals surface area contributed by atoms with E-state index >= 15 is 0 Å². The molecular formula is C97H78Ir4N6-6. The van der Waals surface area contributed by atoms with Crippen molar-refractivity contribution in [3.05, 3.63) is 424 Å². The molecule has 10 aromatic carbocycles. The molecule has 0 aliphatic carbocycles. The smallest absolute Gasteiger partial charge is 0.0163 e. The number of hydrogen-bond donors (Lipinski definition) is 0. The first-order valence-electron chi connectivity index (χ1n) is 34.5. The third kappa shape index (κ3) is 26.0. The number of benzene rings is 10. The molecule has 0 aliphatic rings. The van der Waals surface area contributed by atoms with Crippen LogP contribution in [0.25, 0.3) is 112 Å². The molecule has 107 heavy (non-hydrogen) atoms. The predicted octanol–water partition coefficient (Wildman–Crippen LogP) is 24.5. The van der Waals surface area contributed by atoms with Crippen molar-refractivity contribution in [2.45, 2.75) is 46.5 Å². The summed E-state index contributed by atoms with van der Waals surface area (Å²) in [5.74, 6) is 1.01. The Morgan fingerprint density at radius 2 is 0.467 bits per heavy atom. The number of aryl methyl sites for hydroxylation is 1. The topological polar surface area (TPSA) is 77.3 Å². The van der Waals surface area contributed by atoms with Gasteiger partial charge in [0.05, 0.1) is 0 Å². The molecule has 6 aromatic heterocycles. The average molecular weight is 2100 g/mol. The Balaban J connectivity index is 0.000000180. The SMILES string of the molecule is CC(C)c1ccnc(-c2[c-]ccc(-c3ccccc3)c2)c1.CC(C)c1ccnc(-c2[c-]ccc(-c3ccccc3)c2)c1.Cc1ccnc(-c2[c-]ccc(-c3ccccc3)c2)c1.[Ir].[Ir].[Ir].[Ir].[c-]1ccc(-c2ccccc2)cc1-c1ccccn1.[c-]1ccccc1-c1ccccn1.[c-]1ccccc1-c1ccccn1. The second-order valence-electron chi connectivity index (χ2n) is 24.6. The maximum atomic E-state index is 4.50. The van der Waals surface area contributed by atoms with Crippen molar-refractivity contribution in [2.75, 3.05) is 0 Å². The van der Waals surface area contributed by atoms with Gasteiger partial charge >= 0.3 is 0 Å². The van der Waals surface area contributed by atoms with Crippen LogP contribution >= 0.6 is 0 Å². The van der Waals surface area contributed by atoms with Crippen LogP contribution in [0.15, 0.2) is 371 Å². The van der Waals surface area contributed by atoms with Crippen LogP contribution in [-0.4, -0.2) is 29.9 Å². The summed E-state index contributed by atoms with van der Waals surface area (Å²) in [5, 5.41) is 0. The Morgan fingerprint density at radius 1 is 0.206 bits per heavy atom. The molecule has 0 N–H and O–H groups in total. The van der Waals surface area contributed by atoms with Gasteiger partial charge < -0.3 is 29.9 Å². The zero-order valence-corrected chi connectivity index (χ0v) is 69.5. The summed E-state index contributed by atoms with van der Waals surface area (Å²) in [4.78, 5) is 26.2.